The molecule has 1 aliphatic heterocycles. The Balaban J connectivity index is 1.92. The molecule has 0 aliphatic carbocycles. The van der Waals surface area contributed by atoms with Gasteiger partial charge in [-0.15, -0.1) is 13.2 Å². The normalized spacial score (nSPS) is 22.5. The van der Waals surface area contributed by atoms with Crippen LogP contribution in [0.4, 0.5) is 17.6 Å². The maximum atomic E-state index is 14.3. The van der Waals surface area contributed by atoms with E-state index in [0.29, 0.717) is 0 Å². The van der Waals surface area contributed by atoms with Crippen molar-refractivity contribution in [2.24, 2.45) is 0 Å². The summed E-state index contributed by atoms with van der Waals surface area (Å²) in [6, 6.07) is 7.54. The second-order valence-electron chi connectivity index (χ2n) is 7.75. The van der Waals surface area contributed by atoms with Crippen LogP contribution in [0.3, 0.4) is 0 Å². The van der Waals surface area contributed by atoms with Gasteiger partial charge in [0.1, 0.15) is 16.5 Å². The Morgan fingerprint density at radius 2 is 1.78 bits per heavy atom. The Kier molecular flexibility index (Phi) is 6.35. The highest BCUT2D eigenvalue weighted by Gasteiger charge is 2.45. The summed E-state index contributed by atoms with van der Waals surface area (Å²) >= 11 is 0. The highest BCUT2D eigenvalue weighted by Crippen LogP contribution is 2.42. The van der Waals surface area contributed by atoms with Crippen molar-refractivity contribution in [1.82, 2.24) is 0 Å². The quantitative estimate of drug-likeness (QED) is 0.577. The first kappa shape index (κ1) is 24.5. The van der Waals surface area contributed by atoms with Gasteiger partial charge in [0.15, 0.2) is 19.7 Å². The van der Waals surface area contributed by atoms with Crippen LogP contribution in [-0.4, -0.2) is 40.8 Å². The SMILES string of the molecule is CC1(S(=O)(=O)c2cccc(OC(F)(F)F)c2)CCOC(c2ccc(S(C)(=O)=O)c(F)c2)C1. The monoisotopic (exact) mass is 496 g/mol. The number of sulfone groups is 2. The zero-order chi connectivity index (χ0) is 23.9. The minimum Gasteiger partial charge on any atom is -0.406 e. The molecule has 32 heavy (non-hydrogen) atoms. The number of rotatable bonds is 5. The third-order valence-electron chi connectivity index (χ3n) is 5.29. The van der Waals surface area contributed by atoms with Crippen molar-refractivity contribution >= 4 is 19.7 Å². The number of alkyl halides is 3. The zero-order valence-corrected chi connectivity index (χ0v) is 18.7. The van der Waals surface area contributed by atoms with Crippen LogP contribution in [0.2, 0.25) is 0 Å². The molecule has 0 N–H and O–H groups in total. The number of halogens is 4. The average molecular weight is 497 g/mol. The first-order valence-electron chi connectivity index (χ1n) is 9.34. The first-order valence-corrected chi connectivity index (χ1v) is 12.7. The Morgan fingerprint density at radius 1 is 1.09 bits per heavy atom. The standard InChI is InChI=1S/C20H20F4O6S2/c1-19(32(27,28)15-5-3-4-14(11-15)30-20(22,23)24)8-9-29-17(12-19)13-6-7-18(16(21)10-13)31(2,25)26/h3-7,10-11,17H,8-9,12H2,1-2H3. The van der Waals surface area contributed by atoms with E-state index in [1.54, 1.807) is 0 Å². The van der Waals surface area contributed by atoms with E-state index in [2.05, 4.69) is 4.74 Å². The van der Waals surface area contributed by atoms with Crippen molar-refractivity contribution in [3.63, 3.8) is 0 Å². The molecule has 0 amide bonds. The van der Waals surface area contributed by atoms with Crippen molar-refractivity contribution < 1.29 is 43.9 Å². The van der Waals surface area contributed by atoms with Crippen LogP contribution in [0.5, 0.6) is 5.75 Å². The molecule has 0 radical (unpaired) electrons. The number of hydrogen-bond donors (Lipinski definition) is 0. The highest BCUT2D eigenvalue weighted by atomic mass is 32.2. The van der Waals surface area contributed by atoms with E-state index < -0.39 is 53.4 Å². The van der Waals surface area contributed by atoms with Gasteiger partial charge in [0.05, 0.1) is 15.7 Å². The summed E-state index contributed by atoms with van der Waals surface area (Å²) in [6.45, 7) is 1.44. The molecule has 1 fully saturated rings. The van der Waals surface area contributed by atoms with Crippen LogP contribution in [-0.2, 0) is 24.4 Å². The average Bonchev–Trinajstić information content (AvgIpc) is 2.65. The highest BCUT2D eigenvalue weighted by molar-refractivity contribution is 7.92. The molecular weight excluding hydrogens is 476 g/mol. The molecule has 3 rings (SSSR count). The number of benzene rings is 2. The minimum absolute atomic E-state index is 0.00537. The summed E-state index contributed by atoms with van der Waals surface area (Å²) < 4.78 is 110. The van der Waals surface area contributed by atoms with E-state index in [4.69, 9.17) is 4.74 Å². The maximum Gasteiger partial charge on any atom is 0.573 e. The largest absolute Gasteiger partial charge is 0.573 e. The Labute approximate surface area is 183 Å². The van der Waals surface area contributed by atoms with E-state index in [1.165, 1.54) is 19.1 Å². The lowest BCUT2D eigenvalue weighted by Gasteiger charge is -2.38. The maximum absolute atomic E-state index is 14.3. The minimum atomic E-state index is -4.97. The summed E-state index contributed by atoms with van der Waals surface area (Å²) in [7, 11) is -7.92. The molecule has 0 spiro atoms. The molecule has 2 aromatic carbocycles. The molecule has 2 aromatic rings. The predicted octanol–water partition coefficient (Wildman–Crippen LogP) is 4.21. The molecule has 176 valence electrons. The summed E-state index contributed by atoms with van der Waals surface area (Å²) in [5.41, 5.74) is 0.255. The second-order valence-corrected chi connectivity index (χ2v) is 12.2. The summed E-state index contributed by atoms with van der Waals surface area (Å²) in [6.07, 6.45) is -5.03. The van der Waals surface area contributed by atoms with E-state index >= 15 is 0 Å². The number of ether oxygens (including phenoxy) is 2. The molecular formula is C20H20F4O6S2. The Bertz CT molecular complexity index is 1220. The molecule has 0 bridgehead atoms. The van der Waals surface area contributed by atoms with Crippen molar-refractivity contribution in [3.8, 4) is 5.75 Å². The topological polar surface area (TPSA) is 86.7 Å². The van der Waals surface area contributed by atoms with Crippen molar-refractivity contribution in [2.75, 3.05) is 12.9 Å². The van der Waals surface area contributed by atoms with Crippen molar-refractivity contribution in [2.45, 2.75) is 46.8 Å². The third-order valence-corrected chi connectivity index (χ3v) is 8.97. The van der Waals surface area contributed by atoms with Gasteiger partial charge in [0, 0.05) is 12.9 Å². The lowest BCUT2D eigenvalue weighted by Crippen LogP contribution is -2.42. The van der Waals surface area contributed by atoms with Gasteiger partial charge in [0.2, 0.25) is 0 Å². The van der Waals surface area contributed by atoms with Gasteiger partial charge in [-0.1, -0.05) is 12.1 Å². The fourth-order valence-electron chi connectivity index (χ4n) is 3.57. The van der Waals surface area contributed by atoms with E-state index in [-0.39, 0.29) is 29.9 Å². The van der Waals surface area contributed by atoms with Crippen LogP contribution >= 0.6 is 0 Å². The molecule has 2 unspecified atom stereocenters. The molecule has 1 saturated heterocycles. The molecule has 0 saturated carbocycles. The molecule has 2 atom stereocenters. The van der Waals surface area contributed by atoms with Crippen LogP contribution in [0.15, 0.2) is 52.3 Å². The van der Waals surface area contributed by atoms with Crippen LogP contribution in [0.1, 0.15) is 31.4 Å². The van der Waals surface area contributed by atoms with Crippen molar-refractivity contribution in [1.29, 1.82) is 0 Å². The van der Waals surface area contributed by atoms with E-state index in [9.17, 15) is 34.4 Å². The van der Waals surface area contributed by atoms with Gasteiger partial charge in [-0.2, -0.15) is 0 Å². The predicted molar refractivity (Wildman–Crippen MR) is 106 cm³/mol. The summed E-state index contributed by atoms with van der Waals surface area (Å²) in [5.74, 6) is -1.65. The van der Waals surface area contributed by atoms with Crippen LogP contribution in [0, 0.1) is 5.82 Å². The molecule has 1 aliphatic rings. The van der Waals surface area contributed by atoms with Gasteiger partial charge < -0.3 is 9.47 Å². The summed E-state index contributed by atoms with van der Waals surface area (Å²) in [5, 5.41) is 0. The van der Waals surface area contributed by atoms with Gasteiger partial charge in [-0.3, -0.25) is 0 Å². The summed E-state index contributed by atoms with van der Waals surface area (Å²) in [4.78, 5) is -0.838. The molecule has 0 aromatic heterocycles. The Hall–Kier alpha value is -2.18. The van der Waals surface area contributed by atoms with Crippen LogP contribution in [0.25, 0.3) is 0 Å². The van der Waals surface area contributed by atoms with Crippen LogP contribution < -0.4 is 4.74 Å². The number of hydrogen-bond acceptors (Lipinski definition) is 6. The van der Waals surface area contributed by atoms with Gasteiger partial charge >= 0.3 is 6.36 Å². The molecule has 1 heterocycles. The van der Waals surface area contributed by atoms with Crippen molar-refractivity contribution in [3.05, 3.63) is 53.8 Å². The first-order chi connectivity index (χ1) is 14.6. The van der Waals surface area contributed by atoms with E-state index in [0.717, 1.165) is 36.6 Å². The van der Waals surface area contributed by atoms with Gasteiger partial charge in [0.25, 0.3) is 0 Å². The fourth-order valence-corrected chi connectivity index (χ4v) is 6.12. The smallest absolute Gasteiger partial charge is 0.406 e. The van der Waals surface area contributed by atoms with Gasteiger partial charge in [-0.25, -0.2) is 21.2 Å². The van der Waals surface area contributed by atoms with Gasteiger partial charge in [-0.05, 0) is 55.7 Å². The second kappa shape index (κ2) is 8.31. The Morgan fingerprint density at radius 3 is 2.38 bits per heavy atom. The lowest BCUT2D eigenvalue weighted by atomic mass is 9.92. The fraction of sp³-hybridized carbons (Fsp3) is 0.400. The third kappa shape index (κ3) is 5.07. The molecule has 6 nitrogen and oxygen atoms in total. The van der Waals surface area contributed by atoms with E-state index in [1.807, 2.05) is 0 Å². The molecule has 12 heteroatoms. The lowest BCUT2D eigenvalue weighted by molar-refractivity contribution is -0.274. The zero-order valence-electron chi connectivity index (χ0n) is 17.0.